The van der Waals surface area contributed by atoms with Gasteiger partial charge in [-0.25, -0.2) is 0 Å². The van der Waals surface area contributed by atoms with Gasteiger partial charge in [-0.3, -0.25) is 0 Å². The summed E-state index contributed by atoms with van der Waals surface area (Å²) in [5.41, 5.74) is 1.23. The fourth-order valence-corrected chi connectivity index (χ4v) is 3.10. The van der Waals surface area contributed by atoms with Gasteiger partial charge in [0, 0.05) is 14.3 Å². The molecule has 0 nitrogen and oxygen atoms in total. The van der Waals surface area contributed by atoms with Crippen LogP contribution in [0.2, 0.25) is 10.0 Å². The number of hydrogen-bond donors (Lipinski definition) is 0. The Morgan fingerprint density at radius 2 is 1.59 bits per heavy atom. The zero-order valence-electron chi connectivity index (χ0n) is 9.01. The Kier molecular flexibility index (Phi) is 4.42. The van der Waals surface area contributed by atoms with Gasteiger partial charge in [0.1, 0.15) is 0 Å². The van der Waals surface area contributed by atoms with Gasteiger partial charge >= 0.3 is 0 Å². The van der Waals surface area contributed by atoms with Crippen LogP contribution in [0.4, 0.5) is 0 Å². The Morgan fingerprint density at radius 1 is 0.941 bits per heavy atom. The van der Waals surface area contributed by atoms with Crippen molar-refractivity contribution in [3.05, 3.63) is 56.5 Å². The van der Waals surface area contributed by atoms with Gasteiger partial charge in [0.25, 0.3) is 0 Å². The highest BCUT2D eigenvalue weighted by molar-refractivity contribution is 9.10. The lowest BCUT2D eigenvalue weighted by Gasteiger charge is -2.05. The second-order valence-corrected chi connectivity index (χ2v) is 6.40. The molecule has 0 heterocycles. The predicted octanol–water partition coefficient (Wildman–Crippen LogP) is 6.22. The van der Waals surface area contributed by atoms with Gasteiger partial charge in [-0.05, 0) is 42.8 Å². The van der Waals surface area contributed by atoms with E-state index in [1.807, 2.05) is 18.2 Å². The number of aryl methyl sites for hydroxylation is 1. The van der Waals surface area contributed by atoms with E-state index in [9.17, 15) is 0 Å². The van der Waals surface area contributed by atoms with Crippen LogP contribution in [-0.2, 0) is 0 Å². The molecule has 0 aliphatic rings. The molecule has 17 heavy (non-hydrogen) atoms. The minimum absolute atomic E-state index is 0.584. The summed E-state index contributed by atoms with van der Waals surface area (Å²) in [5, 5.41) is 1.17. The van der Waals surface area contributed by atoms with Crippen molar-refractivity contribution in [2.24, 2.45) is 0 Å². The molecule has 2 rings (SSSR count). The average molecular weight is 348 g/mol. The molecular formula is C13H9BrCl2S. The van der Waals surface area contributed by atoms with E-state index in [1.54, 1.807) is 11.8 Å². The molecule has 0 radical (unpaired) electrons. The molecule has 0 unspecified atom stereocenters. The number of hydrogen-bond acceptors (Lipinski definition) is 1. The van der Waals surface area contributed by atoms with Crippen LogP contribution in [-0.4, -0.2) is 0 Å². The third kappa shape index (κ3) is 3.41. The highest BCUT2D eigenvalue weighted by Gasteiger charge is 2.03. The van der Waals surface area contributed by atoms with E-state index >= 15 is 0 Å². The summed E-state index contributed by atoms with van der Waals surface area (Å²) >= 11 is 17.0. The van der Waals surface area contributed by atoms with E-state index in [-0.39, 0.29) is 0 Å². The molecule has 88 valence electrons. The molecule has 0 saturated carbocycles. The van der Waals surface area contributed by atoms with E-state index in [1.165, 1.54) is 10.5 Å². The molecule has 0 aliphatic carbocycles. The van der Waals surface area contributed by atoms with Crippen LogP contribution in [0.1, 0.15) is 5.56 Å². The third-order valence-electron chi connectivity index (χ3n) is 2.27. The second-order valence-electron chi connectivity index (χ2n) is 3.59. The maximum atomic E-state index is 5.98. The van der Waals surface area contributed by atoms with Crippen molar-refractivity contribution in [1.29, 1.82) is 0 Å². The smallest absolute Gasteiger partial charge is 0.0603 e. The Labute approximate surface area is 123 Å². The van der Waals surface area contributed by atoms with Gasteiger partial charge < -0.3 is 0 Å². The van der Waals surface area contributed by atoms with Gasteiger partial charge in [-0.15, -0.1) is 0 Å². The first kappa shape index (κ1) is 13.3. The van der Waals surface area contributed by atoms with Crippen molar-refractivity contribution in [3.63, 3.8) is 0 Å². The van der Waals surface area contributed by atoms with E-state index in [0.717, 1.165) is 9.37 Å². The molecule has 0 atom stereocenters. The van der Waals surface area contributed by atoms with Gasteiger partial charge in [-0.1, -0.05) is 57.0 Å². The standard InChI is InChI=1S/C13H9BrCl2S/c1-8-2-3-9(6-11(8)14)17-10-4-5-12(15)13(16)7-10/h2-7H,1H3. The predicted molar refractivity (Wildman–Crippen MR) is 79.5 cm³/mol. The first-order valence-electron chi connectivity index (χ1n) is 4.95. The molecule has 0 amide bonds. The molecule has 0 aliphatic heterocycles. The van der Waals surface area contributed by atoms with Crippen molar-refractivity contribution in [3.8, 4) is 0 Å². The molecule has 0 aromatic heterocycles. The number of rotatable bonds is 2. The van der Waals surface area contributed by atoms with Gasteiger partial charge in [0.2, 0.25) is 0 Å². The molecule has 2 aromatic carbocycles. The van der Waals surface area contributed by atoms with Crippen molar-refractivity contribution in [2.75, 3.05) is 0 Å². The maximum Gasteiger partial charge on any atom is 0.0603 e. The van der Waals surface area contributed by atoms with Crippen LogP contribution >= 0.6 is 50.9 Å². The molecule has 0 bridgehead atoms. The van der Waals surface area contributed by atoms with Crippen LogP contribution < -0.4 is 0 Å². The van der Waals surface area contributed by atoms with Gasteiger partial charge in [0.15, 0.2) is 0 Å². The Morgan fingerprint density at radius 3 is 2.24 bits per heavy atom. The van der Waals surface area contributed by atoms with Crippen LogP contribution in [0, 0.1) is 6.92 Å². The van der Waals surface area contributed by atoms with E-state index < -0.39 is 0 Å². The van der Waals surface area contributed by atoms with Crippen LogP contribution in [0.3, 0.4) is 0 Å². The molecular weight excluding hydrogens is 339 g/mol. The van der Waals surface area contributed by atoms with Gasteiger partial charge in [0.05, 0.1) is 10.0 Å². The highest BCUT2D eigenvalue weighted by Crippen LogP contribution is 2.34. The van der Waals surface area contributed by atoms with Crippen molar-refractivity contribution >= 4 is 50.9 Å². The highest BCUT2D eigenvalue weighted by atomic mass is 79.9. The molecule has 0 spiro atoms. The van der Waals surface area contributed by atoms with Gasteiger partial charge in [-0.2, -0.15) is 0 Å². The Bertz CT molecular complexity index is 506. The SMILES string of the molecule is Cc1ccc(Sc2ccc(Cl)c(Cl)c2)cc1Br. The zero-order chi connectivity index (χ0) is 12.4. The van der Waals surface area contributed by atoms with Crippen LogP contribution in [0.5, 0.6) is 0 Å². The minimum Gasteiger partial charge on any atom is -0.0900 e. The summed E-state index contributed by atoms with van der Waals surface area (Å²) in [7, 11) is 0. The molecule has 0 saturated heterocycles. The normalized spacial score (nSPS) is 10.6. The molecule has 2 aromatic rings. The quantitative estimate of drug-likeness (QED) is 0.621. The first-order valence-corrected chi connectivity index (χ1v) is 7.32. The van der Waals surface area contributed by atoms with E-state index in [4.69, 9.17) is 23.2 Å². The Hall–Kier alpha value is -0.150. The fraction of sp³-hybridized carbons (Fsp3) is 0.0769. The summed E-state index contributed by atoms with van der Waals surface area (Å²) in [4.78, 5) is 2.25. The van der Waals surface area contributed by atoms with E-state index in [2.05, 4.69) is 41.1 Å². The summed E-state index contributed by atoms with van der Waals surface area (Å²) < 4.78 is 1.11. The molecule has 0 N–H and O–H groups in total. The van der Waals surface area contributed by atoms with Crippen molar-refractivity contribution in [2.45, 2.75) is 16.7 Å². The lowest BCUT2D eigenvalue weighted by Crippen LogP contribution is -1.78. The lowest BCUT2D eigenvalue weighted by atomic mass is 10.2. The summed E-state index contributed by atoms with van der Waals surface area (Å²) in [6.07, 6.45) is 0. The minimum atomic E-state index is 0.584. The monoisotopic (exact) mass is 346 g/mol. The maximum absolute atomic E-state index is 5.98. The summed E-state index contributed by atoms with van der Waals surface area (Å²) in [6.45, 7) is 2.07. The second kappa shape index (κ2) is 5.66. The lowest BCUT2D eigenvalue weighted by molar-refractivity contribution is 1.33. The summed E-state index contributed by atoms with van der Waals surface area (Å²) in [6, 6.07) is 11.9. The first-order chi connectivity index (χ1) is 8.06. The fourth-order valence-electron chi connectivity index (χ4n) is 1.31. The number of benzene rings is 2. The van der Waals surface area contributed by atoms with E-state index in [0.29, 0.717) is 10.0 Å². The average Bonchev–Trinajstić information content (AvgIpc) is 2.29. The Balaban J connectivity index is 2.25. The van der Waals surface area contributed by atoms with Crippen molar-refractivity contribution in [1.82, 2.24) is 0 Å². The molecule has 0 fully saturated rings. The largest absolute Gasteiger partial charge is 0.0900 e. The zero-order valence-corrected chi connectivity index (χ0v) is 12.9. The van der Waals surface area contributed by atoms with Crippen LogP contribution in [0.25, 0.3) is 0 Å². The molecule has 4 heteroatoms. The summed E-state index contributed by atoms with van der Waals surface area (Å²) in [5.74, 6) is 0. The topological polar surface area (TPSA) is 0 Å². The van der Waals surface area contributed by atoms with Crippen molar-refractivity contribution < 1.29 is 0 Å². The number of halogens is 3. The third-order valence-corrected chi connectivity index (χ3v) is 4.84. The van der Waals surface area contributed by atoms with Crippen LogP contribution in [0.15, 0.2) is 50.7 Å².